The van der Waals surface area contributed by atoms with Gasteiger partial charge in [-0.25, -0.2) is 0 Å². The zero-order valence-electron chi connectivity index (χ0n) is 8.49. The molecule has 2 atom stereocenters. The van der Waals surface area contributed by atoms with Crippen LogP contribution in [0.25, 0.3) is 0 Å². The molecule has 1 aliphatic rings. The maximum Gasteiger partial charge on any atom is 0.316 e. The van der Waals surface area contributed by atoms with Crippen molar-refractivity contribution in [3.63, 3.8) is 0 Å². The first kappa shape index (κ1) is 11.0. The molecule has 3 nitrogen and oxygen atoms in total. The first-order valence-corrected chi connectivity index (χ1v) is 4.92. The molecular weight excluding hydrogens is 180 g/mol. The largest absolute Gasteiger partial charge is 0.468 e. The average Bonchev–Trinajstić information content (AvgIpc) is 2.18. The zero-order valence-corrected chi connectivity index (χ0v) is 8.49. The predicted molar refractivity (Wildman–Crippen MR) is 52.7 cm³/mol. The summed E-state index contributed by atoms with van der Waals surface area (Å²) in [6.45, 7) is 3.64. The van der Waals surface area contributed by atoms with Crippen molar-refractivity contribution < 1.29 is 14.3 Å². The molecule has 0 amide bonds. The molecular formula is C11H16O3. The molecule has 1 aliphatic carbocycles. The highest BCUT2D eigenvalue weighted by molar-refractivity contribution is 5.99. The lowest BCUT2D eigenvalue weighted by Gasteiger charge is -2.27. The van der Waals surface area contributed by atoms with Crippen molar-refractivity contribution >= 4 is 11.8 Å². The van der Waals surface area contributed by atoms with Gasteiger partial charge >= 0.3 is 5.97 Å². The fourth-order valence-corrected chi connectivity index (χ4v) is 2.04. The normalized spacial score (nSPS) is 27.1. The third-order valence-electron chi connectivity index (χ3n) is 2.74. The van der Waals surface area contributed by atoms with E-state index < -0.39 is 5.92 Å². The molecule has 0 aliphatic heterocycles. The Hall–Kier alpha value is -1.12. The first-order valence-electron chi connectivity index (χ1n) is 4.92. The molecule has 1 fully saturated rings. The summed E-state index contributed by atoms with van der Waals surface area (Å²) in [6.07, 6.45) is 4.78. The van der Waals surface area contributed by atoms with Crippen molar-refractivity contribution in [1.29, 1.82) is 0 Å². The second kappa shape index (κ2) is 4.94. The van der Waals surface area contributed by atoms with Crippen molar-refractivity contribution in [3.8, 4) is 0 Å². The van der Waals surface area contributed by atoms with Crippen molar-refractivity contribution in [3.05, 3.63) is 12.7 Å². The van der Waals surface area contributed by atoms with Gasteiger partial charge < -0.3 is 4.74 Å². The van der Waals surface area contributed by atoms with Crippen molar-refractivity contribution in [2.24, 2.45) is 11.8 Å². The second-order valence-corrected chi connectivity index (χ2v) is 3.64. The number of Topliss-reactive ketones (excluding diaryl/α,β-unsaturated/α-hetero) is 1. The Morgan fingerprint density at radius 3 is 3.00 bits per heavy atom. The van der Waals surface area contributed by atoms with Gasteiger partial charge in [-0.15, -0.1) is 6.58 Å². The molecule has 14 heavy (non-hydrogen) atoms. The Morgan fingerprint density at radius 1 is 1.71 bits per heavy atom. The standard InChI is InChI=1S/C11H16O3/c1-3-5-8-6-4-7-9(12)10(8)11(13)14-2/h3,8,10H,1,4-7H2,2H3/t8-,10+/m0/s1. The highest BCUT2D eigenvalue weighted by Crippen LogP contribution is 2.30. The van der Waals surface area contributed by atoms with Gasteiger partial charge in [-0.05, 0) is 25.2 Å². The van der Waals surface area contributed by atoms with Crippen LogP contribution in [0.3, 0.4) is 0 Å². The third-order valence-corrected chi connectivity index (χ3v) is 2.74. The minimum Gasteiger partial charge on any atom is -0.468 e. The van der Waals surface area contributed by atoms with Crippen LogP contribution in [0.4, 0.5) is 0 Å². The Balaban J connectivity index is 2.75. The quantitative estimate of drug-likeness (QED) is 0.392. The average molecular weight is 196 g/mol. The highest BCUT2D eigenvalue weighted by atomic mass is 16.5. The molecule has 0 spiro atoms. The number of hydrogen-bond acceptors (Lipinski definition) is 3. The molecule has 0 heterocycles. The number of carbonyl (C=O) groups excluding carboxylic acids is 2. The maximum absolute atomic E-state index is 11.5. The minimum atomic E-state index is -0.549. The Bertz CT molecular complexity index is 237. The van der Waals surface area contributed by atoms with E-state index in [2.05, 4.69) is 11.3 Å². The van der Waals surface area contributed by atoms with Gasteiger partial charge in [0.15, 0.2) is 0 Å². The van der Waals surface area contributed by atoms with E-state index in [1.54, 1.807) is 6.08 Å². The van der Waals surface area contributed by atoms with Crippen LogP contribution in [0.15, 0.2) is 12.7 Å². The molecule has 0 unspecified atom stereocenters. The second-order valence-electron chi connectivity index (χ2n) is 3.64. The SMILES string of the molecule is C=CC[C@H]1CCCC(=O)[C@@H]1C(=O)OC. The van der Waals surface area contributed by atoms with E-state index in [-0.39, 0.29) is 17.7 Å². The lowest BCUT2D eigenvalue weighted by atomic mass is 9.76. The number of carbonyl (C=O) groups is 2. The van der Waals surface area contributed by atoms with E-state index in [1.165, 1.54) is 7.11 Å². The third kappa shape index (κ3) is 2.22. The van der Waals surface area contributed by atoms with E-state index in [9.17, 15) is 9.59 Å². The molecule has 0 aromatic carbocycles. The number of ether oxygens (including phenoxy) is 1. The molecule has 0 aromatic rings. The summed E-state index contributed by atoms with van der Waals surface area (Å²) >= 11 is 0. The highest BCUT2D eigenvalue weighted by Gasteiger charge is 2.37. The number of methoxy groups -OCH3 is 1. The molecule has 0 radical (unpaired) electrons. The van der Waals surface area contributed by atoms with Crippen LogP contribution in [0.5, 0.6) is 0 Å². The van der Waals surface area contributed by atoms with E-state index in [1.807, 2.05) is 0 Å². The predicted octanol–water partition coefficient (Wildman–Crippen LogP) is 1.72. The molecule has 0 bridgehead atoms. The van der Waals surface area contributed by atoms with E-state index in [0.717, 1.165) is 12.8 Å². The van der Waals surface area contributed by atoms with Crippen molar-refractivity contribution in [2.75, 3.05) is 7.11 Å². The molecule has 1 saturated carbocycles. The smallest absolute Gasteiger partial charge is 0.316 e. The molecule has 0 saturated heterocycles. The van der Waals surface area contributed by atoms with Gasteiger partial charge in [-0.3, -0.25) is 9.59 Å². The number of hydrogen-bond donors (Lipinski definition) is 0. The van der Waals surface area contributed by atoms with E-state index >= 15 is 0 Å². The summed E-state index contributed by atoms with van der Waals surface area (Å²) in [5.74, 6) is -0.815. The zero-order chi connectivity index (χ0) is 10.6. The van der Waals surface area contributed by atoms with E-state index in [4.69, 9.17) is 0 Å². The van der Waals surface area contributed by atoms with Crippen LogP contribution in [0.2, 0.25) is 0 Å². The molecule has 0 aromatic heterocycles. The van der Waals surface area contributed by atoms with Gasteiger partial charge in [-0.2, -0.15) is 0 Å². The van der Waals surface area contributed by atoms with Crippen LogP contribution in [0, 0.1) is 11.8 Å². The monoisotopic (exact) mass is 196 g/mol. The molecule has 1 rings (SSSR count). The summed E-state index contributed by atoms with van der Waals surface area (Å²) in [5, 5.41) is 0. The topological polar surface area (TPSA) is 43.4 Å². The summed E-state index contributed by atoms with van der Waals surface area (Å²) in [7, 11) is 1.33. The first-order chi connectivity index (χ1) is 6.70. The fraction of sp³-hybridized carbons (Fsp3) is 0.636. The molecule has 78 valence electrons. The lowest BCUT2D eigenvalue weighted by molar-refractivity contribution is -0.153. The Labute approximate surface area is 84.1 Å². The fourth-order valence-electron chi connectivity index (χ4n) is 2.04. The summed E-state index contributed by atoms with van der Waals surface area (Å²) in [5.41, 5.74) is 0. The van der Waals surface area contributed by atoms with Crippen LogP contribution >= 0.6 is 0 Å². The Kier molecular flexibility index (Phi) is 3.86. The van der Waals surface area contributed by atoms with Gasteiger partial charge in [0, 0.05) is 6.42 Å². The van der Waals surface area contributed by atoms with Crippen molar-refractivity contribution in [1.82, 2.24) is 0 Å². The van der Waals surface area contributed by atoms with Crippen LogP contribution in [-0.2, 0) is 14.3 Å². The van der Waals surface area contributed by atoms with Gasteiger partial charge in [0.05, 0.1) is 7.11 Å². The lowest BCUT2D eigenvalue weighted by Crippen LogP contribution is -2.35. The number of rotatable bonds is 3. The van der Waals surface area contributed by atoms with Crippen LogP contribution < -0.4 is 0 Å². The van der Waals surface area contributed by atoms with E-state index in [0.29, 0.717) is 12.8 Å². The van der Waals surface area contributed by atoms with Gasteiger partial charge in [0.25, 0.3) is 0 Å². The summed E-state index contributed by atoms with van der Waals surface area (Å²) < 4.78 is 4.64. The number of allylic oxidation sites excluding steroid dienone is 1. The number of ketones is 1. The molecule has 3 heteroatoms. The van der Waals surface area contributed by atoms with Crippen molar-refractivity contribution in [2.45, 2.75) is 25.7 Å². The summed E-state index contributed by atoms with van der Waals surface area (Å²) in [4.78, 5) is 22.9. The van der Waals surface area contributed by atoms with Crippen LogP contribution in [-0.4, -0.2) is 18.9 Å². The van der Waals surface area contributed by atoms with Gasteiger partial charge in [0.1, 0.15) is 11.7 Å². The number of esters is 1. The Morgan fingerprint density at radius 2 is 2.43 bits per heavy atom. The van der Waals surface area contributed by atoms with Gasteiger partial charge in [-0.1, -0.05) is 6.08 Å². The van der Waals surface area contributed by atoms with Gasteiger partial charge in [0.2, 0.25) is 0 Å². The summed E-state index contributed by atoms with van der Waals surface area (Å²) in [6, 6.07) is 0. The maximum atomic E-state index is 11.5. The minimum absolute atomic E-state index is 0.0231. The molecule has 0 N–H and O–H groups in total. The van der Waals surface area contributed by atoms with Crippen LogP contribution in [0.1, 0.15) is 25.7 Å².